The molecule has 0 aromatic rings. The fourth-order valence-corrected chi connectivity index (χ4v) is 6.45. The summed E-state index contributed by atoms with van der Waals surface area (Å²) in [4.78, 5) is 36.8. The molecule has 0 spiro atoms. The second-order valence-electron chi connectivity index (χ2n) is 8.93. The Morgan fingerprint density at radius 3 is 2.83 bits per heavy atom. The Kier molecular flexibility index (Phi) is 5.77. The summed E-state index contributed by atoms with van der Waals surface area (Å²) < 4.78 is -0.492. The molecule has 2 N–H and O–H groups in total. The van der Waals surface area contributed by atoms with Gasteiger partial charge in [0, 0.05) is 30.8 Å². The van der Waals surface area contributed by atoms with E-state index in [1.165, 1.54) is 23.6 Å². The SMILES string of the molecule is CC1(C)SC2C(N=CN3CCC(CCCC4=NCCN4)CC3)C(=O)N2[C@H]1C(=O)O. The monoisotopic (exact) mass is 421 g/mol. The Hall–Kier alpha value is -1.77. The molecule has 0 aromatic carbocycles. The van der Waals surface area contributed by atoms with Crippen molar-refractivity contribution in [3.05, 3.63) is 0 Å². The highest BCUT2D eigenvalue weighted by Gasteiger charge is 2.63. The minimum absolute atomic E-state index is 0.153. The van der Waals surface area contributed by atoms with Crippen LogP contribution in [0.2, 0.25) is 0 Å². The molecular weight excluding hydrogens is 390 g/mol. The first-order chi connectivity index (χ1) is 13.9. The van der Waals surface area contributed by atoms with E-state index in [0.29, 0.717) is 0 Å². The molecule has 0 aliphatic carbocycles. The van der Waals surface area contributed by atoms with Gasteiger partial charge >= 0.3 is 5.97 Å². The van der Waals surface area contributed by atoms with Crippen LogP contribution in [-0.4, -0.2) is 87.3 Å². The maximum absolute atomic E-state index is 12.5. The van der Waals surface area contributed by atoms with Gasteiger partial charge in [0.15, 0.2) is 6.04 Å². The van der Waals surface area contributed by atoms with E-state index in [-0.39, 0.29) is 11.3 Å². The van der Waals surface area contributed by atoms with Gasteiger partial charge in [0.2, 0.25) is 0 Å². The fraction of sp³-hybridized carbons (Fsp3) is 0.800. The van der Waals surface area contributed by atoms with Gasteiger partial charge in [-0.15, -0.1) is 11.8 Å². The van der Waals surface area contributed by atoms with Crippen LogP contribution in [0.25, 0.3) is 0 Å². The highest BCUT2D eigenvalue weighted by atomic mass is 32.2. The Morgan fingerprint density at radius 2 is 2.17 bits per heavy atom. The molecule has 0 saturated carbocycles. The number of piperidine rings is 1. The van der Waals surface area contributed by atoms with Crippen molar-refractivity contribution in [2.75, 3.05) is 26.2 Å². The van der Waals surface area contributed by atoms with Gasteiger partial charge in [-0.2, -0.15) is 0 Å². The van der Waals surface area contributed by atoms with Gasteiger partial charge in [-0.25, -0.2) is 4.79 Å². The third kappa shape index (κ3) is 4.11. The van der Waals surface area contributed by atoms with Gasteiger partial charge in [0.1, 0.15) is 11.4 Å². The zero-order valence-corrected chi connectivity index (χ0v) is 18.0. The zero-order chi connectivity index (χ0) is 20.6. The van der Waals surface area contributed by atoms with Gasteiger partial charge in [0.25, 0.3) is 5.91 Å². The van der Waals surface area contributed by atoms with Crippen LogP contribution in [0.15, 0.2) is 9.98 Å². The van der Waals surface area contributed by atoms with E-state index in [1.807, 2.05) is 20.2 Å². The molecule has 0 radical (unpaired) electrons. The molecule has 4 aliphatic heterocycles. The van der Waals surface area contributed by atoms with Gasteiger partial charge < -0.3 is 20.2 Å². The van der Waals surface area contributed by atoms with E-state index >= 15 is 0 Å². The standard InChI is InChI=1S/C20H31N5O3S/c1-20(2)16(19(27)28)25-17(26)15(18(25)29-20)23-12-24-10-6-13(7-11-24)4-3-5-14-21-8-9-22-14/h12-13,15-16,18H,3-11H2,1-2H3,(H,21,22)(H,27,28)/t15?,16-,18?/m0/s1. The summed E-state index contributed by atoms with van der Waals surface area (Å²) in [5, 5.41) is 12.7. The normalized spacial score (nSPS) is 31.6. The molecule has 3 saturated heterocycles. The van der Waals surface area contributed by atoms with Crippen molar-refractivity contribution in [2.45, 2.75) is 68.2 Å². The number of nitrogens with zero attached hydrogens (tertiary/aromatic N) is 4. The smallest absolute Gasteiger partial charge is 0.327 e. The second-order valence-corrected chi connectivity index (χ2v) is 10.7. The summed E-state index contributed by atoms with van der Waals surface area (Å²) in [5.41, 5.74) is 0. The number of likely N-dealkylation sites (tertiary alicyclic amines) is 1. The number of rotatable bonds is 7. The summed E-state index contributed by atoms with van der Waals surface area (Å²) in [6.45, 7) is 7.63. The van der Waals surface area contributed by atoms with E-state index in [4.69, 9.17) is 0 Å². The summed E-state index contributed by atoms with van der Waals surface area (Å²) in [5.74, 6) is 0.838. The number of hydrogen-bond donors (Lipinski definition) is 2. The first kappa shape index (κ1) is 20.5. The number of carbonyl (C=O) groups is 2. The van der Waals surface area contributed by atoms with E-state index in [9.17, 15) is 14.7 Å². The number of hydrogen-bond acceptors (Lipinski definition) is 6. The quantitative estimate of drug-likeness (QED) is 0.367. The number of carbonyl (C=O) groups excluding carboxylic acids is 1. The maximum atomic E-state index is 12.5. The molecule has 29 heavy (non-hydrogen) atoms. The number of β-lactam (4-membered cyclic amide) rings is 1. The Balaban J connectivity index is 1.22. The van der Waals surface area contributed by atoms with Crippen LogP contribution in [-0.2, 0) is 9.59 Å². The number of thioether (sulfide) groups is 1. The van der Waals surface area contributed by atoms with Gasteiger partial charge in [-0.1, -0.05) is 0 Å². The second kappa shape index (κ2) is 8.16. The van der Waals surface area contributed by atoms with Crippen molar-refractivity contribution < 1.29 is 14.7 Å². The molecule has 0 aromatic heterocycles. The Bertz CT molecular complexity index is 717. The van der Waals surface area contributed by atoms with Crippen molar-refractivity contribution in [1.29, 1.82) is 0 Å². The molecule has 4 heterocycles. The Morgan fingerprint density at radius 1 is 1.41 bits per heavy atom. The van der Waals surface area contributed by atoms with Gasteiger partial charge in [-0.3, -0.25) is 14.8 Å². The Labute approximate surface area is 176 Å². The molecule has 8 nitrogen and oxygen atoms in total. The minimum Gasteiger partial charge on any atom is -0.480 e. The molecule has 4 aliphatic rings. The molecule has 0 bridgehead atoms. The largest absolute Gasteiger partial charge is 0.480 e. The number of fused-ring (bicyclic) bond motifs is 1. The summed E-state index contributed by atoms with van der Waals surface area (Å²) in [7, 11) is 0. The van der Waals surface area contributed by atoms with Crippen LogP contribution < -0.4 is 5.32 Å². The van der Waals surface area contributed by atoms with Crippen molar-refractivity contribution in [2.24, 2.45) is 15.9 Å². The molecule has 1 amide bonds. The predicted molar refractivity (Wildman–Crippen MR) is 114 cm³/mol. The average Bonchev–Trinajstić information content (AvgIpc) is 3.27. The lowest BCUT2D eigenvalue weighted by Gasteiger charge is -2.41. The molecule has 9 heteroatoms. The van der Waals surface area contributed by atoms with Crippen LogP contribution in [0, 0.1) is 5.92 Å². The highest BCUT2D eigenvalue weighted by Crippen LogP contribution is 2.51. The molecular formula is C20H31N5O3S. The van der Waals surface area contributed by atoms with E-state index in [1.54, 1.807) is 11.8 Å². The first-order valence-electron chi connectivity index (χ1n) is 10.6. The first-order valence-corrected chi connectivity index (χ1v) is 11.5. The third-order valence-corrected chi connectivity index (χ3v) is 8.01. The number of amidine groups is 1. The van der Waals surface area contributed by atoms with E-state index in [2.05, 4.69) is 20.2 Å². The number of aliphatic imine (C=N–C) groups is 2. The minimum atomic E-state index is -0.932. The van der Waals surface area contributed by atoms with Crippen LogP contribution in [0.3, 0.4) is 0 Å². The summed E-state index contributed by atoms with van der Waals surface area (Å²) in [6.07, 6.45) is 7.64. The number of nitrogens with one attached hydrogen (secondary N) is 1. The third-order valence-electron chi connectivity index (χ3n) is 6.46. The summed E-state index contributed by atoms with van der Waals surface area (Å²) in [6, 6.07) is -1.21. The van der Waals surface area contributed by atoms with Crippen molar-refractivity contribution in [3.8, 4) is 0 Å². The summed E-state index contributed by atoms with van der Waals surface area (Å²) >= 11 is 1.55. The van der Waals surface area contributed by atoms with Crippen LogP contribution in [0.5, 0.6) is 0 Å². The van der Waals surface area contributed by atoms with Crippen molar-refractivity contribution in [1.82, 2.24) is 15.1 Å². The average molecular weight is 422 g/mol. The topological polar surface area (TPSA) is 97.6 Å². The van der Waals surface area contributed by atoms with Gasteiger partial charge in [0.05, 0.1) is 18.7 Å². The molecule has 3 fully saturated rings. The van der Waals surface area contributed by atoms with Gasteiger partial charge in [-0.05, 0) is 45.4 Å². The molecule has 3 atom stereocenters. The number of carboxylic acid groups (broad SMARTS) is 1. The lowest BCUT2D eigenvalue weighted by Crippen LogP contribution is -2.65. The van der Waals surface area contributed by atoms with Crippen LogP contribution >= 0.6 is 11.8 Å². The molecule has 2 unspecified atom stereocenters. The predicted octanol–water partition coefficient (Wildman–Crippen LogP) is 1.41. The number of amides is 1. The maximum Gasteiger partial charge on any atom is 0.327 e. The molecule has 4 rings (SSSR count). The lowest BCUT2D eigenvalue weighted by molar-refractivity contribution is -0.158. The van der Waals surface area contributed by atoms with Crippen LogP contribution in [0.1, 0.15) is 46.0 Å². The van der Waals surface area contributed by atoms with Crippen LogP contribution in [0.4, 0.5) is 0 Å². The lowest BCUT2D eigenvalue weighted by atomic mass is 9.91. The zero-order valence-electron chi connectivity index (χ0n) is 17.2. The van der Waals surface area contributed by atoms with Crippen molar-refractivity contribution >= 4 is 35.8 Å². The fourth-order valence-electron chi connectivity index (χ4n) is 4.83. The highest BCUT2D eigenvalue weighted by molar-refractivity contribution is 8.01. The van der Waals surface area contributed by atoms with E-state index < -0.39 is 22.8 Å². The number of carboxylic acids is 1. The molecule has 160 valence electrons. The number of aliphatic carboxylic acids is 1. The van der Waals surface area contributed by atoms with Crippen molar-refractivity contribution in [3.63, 3.8) is 0 Å². The van der Waals surface area contributed by atoms with E-state index in [0.717, 1.165) is 51.4 Å².